The quantitative estimate of drug-likeness (QED) is 0.312. The molecule has 0 N–H and O–H groups in total. The smallest absolute Gasteiger partial charge is 0.254 e. The van der Waals surface area contributed by atoms with Crippen LogP contribution in [0.25, 0.3) is 33.4 Å². The molecule has 4 aromatic rings. The Bertz CT molecular complexity index is 1760. The van der Waals surface area contributed by atoms with Crippen LogP contribution in [0.3, 0.4) is 0 Å². The summed E-state index contributed by atoms with van der Waals surface area (Å²) >= 11 is 0. The number of benzene rings is 2. The Labute approximate surface area is 276 Å². The van der Waals surface area contributed by atoms with Crippen molar-refractivity contribution in [2.75, 3.05) is 52.4 Å². The molecule has 0 spiro atoms. The lowest BCUT2D eigenvalue weighted by molar-refractivity contribution is -0.141. The van der Waals surface area contributed by atoms with E-state index in [4.69, 9.17) is 4.98 Å². The third-order valence-corrected chi connectivity index (χ3v) is 10.5. The molecular formula is C38H44N6O3. The highest BCUT2D eigenvalue weighted by atomic mass is 16.2. The molecule has 0 bridgehead atoms. The number of para-hydroxylation sites is 1. The molecule has 0 atom stereocenters. The van der Waals surface area contributed by atoms with Gasteiger partial charge in [-0.3, -0.25) is 19.3 Å². The minimum atomic E-state index is 0.0356. The van der Waals surface area contributed by atoms with Crippen LogP contribution in [0, 0.1) is 5.92 Å². The largest absolute Gasteiger partial charge is 0.350 e. The average Bonchev–Trinajstić information content (AvgIpc) is 3.47. The molecule has 3 fully saturated rings. The molecule has 3 aliphatic rings. The summed E-state index contributed by atoms with van der Waals surface area (Å²) in [5.74, 6) is 0.439. The average molecular weight is 633 g/mol. The number of piperidine rings is 2. The number of hydrogen-bond donors (Lipinski definition) is 0. The van der Waals surface area contributed by atoms with E-state index >= 15 is 0 Å². The molecule has 7 rings (SSSR count). The SMILES string of the molecule is CC(=O)N1CCC(C(=O)N2CCC(N3CCN(C(=O)c4cc(-c5ccccc5)nc(-c5cn(C)c6ccccc56)c4)CC3)CC2)CC1. The van der Waals surface area contributed by atoms with Crippen molar-refractivity contribution in [1.82, 2.24) is 29.2 Å². The van der Waals surface area contributed by atoms with Crippen LogP contribution in [0.5, 0.6) is 0 Å². The number of piperazine rings is 1. The fourth-order valence-electron chi connectivity index (χ4n) is 7.72. The lowest BCUT2D eigenvalue weighted by atomic mass is 9.93. The third-order valence-electron chi connectivity index (χ3n) is 10.5. The Hall–Kier alpha value is -4.50. The number of aromatic nitrogens is 2. The molecule has 0 aliphatic carbocycles. The van der Waals surface area contributed by atoms with E-state index in [1.165, 1.54) is 0 Å². The van der Waals surface area contributed by atoms with Crippen molar-refractivity contribution >= 4 is 28.6 Å². The summed E-state index contributed by atoms with van der Waals surface area (Å²) in [6.07, 6.45) is 5.56. The predicted octanol–water partition coefficient (Wildman–Crippen LogP) is 4.91. The fraction of sp³-hybridized carbons (Fsp3) is 0.421. The molecule has 0 radical (unpaired) electrons. The van der Waals surface area contributed by atoms with Gasteiger partial charge in [0, 0.05) is 112 Å². The first kappa shape index (κ1) is 31.1. The van der Waals surface area contributed by atoms with Gasteiger partial charge in [-0.2, -0.15) is 0 Å². The molecule has 3 aliphatic heterocycles. The Kier molecular flexibility index (Phi) is 8.82. The van der Waals surface area contributed by atoms with E-state index in [-0.39, 0.29) is 23.6 Å². The second kappa shape index (κ2) is 13.3. The minimum Gasteiger partial charge on any atom is -0.350 e. The van der Waals surface area contributed by atoms with E-state index in [0.717, 1.165) is 85.3 Å². The van der Waals surface area contributed by atoms with Crippen molar-refractivity contribution in [3.8, 4) is 22.5 Å². The normalized spacial score (nSPS) is 18.6. The fourth-order valence-corrected chi connectivity index (χ4v) is 7.72. The first-order valence-corrected chi connectivity index (χ1v) is 17.1. The van der Waals surface area contributed by atoms with Crippen molar-refractivity contribution in [2.45, 2.75) is 38.6 Å². The highest BCUT2D eigenvalue weighted by Gasteiger charge is 2.34. The van der Waals surface area contributed by atoms with Crippen molar-refractivity contribution in [3.05, 3.63) is 78.5 Å². The van der Waals surface area contributed by atoms with Gasteiger partial charge in [-0.05, 0) is 43.9 Å². The maximum absolute atomic E-state index is 14.1. The van der Waals surface area contributed by atoms with Gasteiger partial charge in [0.1, 0.15) is 0 Å². The summed E-state index contributed by atoms with van der Waals surface area (Å²) in [7, 11) is 2.04. The molecule has 9 heteroatoms. The molecule has 5 heterocycles. The van der Waals surface area contributed by atoms with E-state index in [2.05, 4.69) is 27.8 Å². The molecule has 244 valence electrons. The highest BCUT2D eigenvalue weighted by molar-refractivity contribution is 5.99. The van der Waals surface area contributed by atoms with Crippen LogP contribution < -0.4 is 0 Å². The summed E-state index contributed by atoms with van der Waals surface area (Å²) in [5.41, 5.74) is 5.39. The number of carbonyl (C=O) groups excluding carboxylic acids is 3. The number of pyridine rings is 1. The second-order valence-corrected chi connectivity index (χ2v) is 13.3. The van der Waals surface area contributed by atoms with Gasteiger partial charge in [-0.1, -0.05) is 48.5 Å². The van der Waals surface area contributed by atoms with E-state index in [1.807, 2.05) is 76.3 Å². The van der Waals surface area contributed by atoms with Gasteiger partial charge in [0.05, 0.1) is 11.4 Å². The molecule has 0 saturated carbocycles. The van der Waals surface area contributed by atoms with Gasteiger partial charge in [0.2, 0.25) is 11.8 Å². The Morgan fingerprint density at radius 3 is 2.04 bits per heavy atom. The lowest BCUT2D eigenvalue weighted by Gasteiger charge is -2.43. The summed E-state index contributed by atoms with van der Waals surface area (Å²) < 4.78 is 2.11. The lowest BCUT2D eigenvalue weighted by Crippen LogP contribution is -2.55. The van der Waals surface area contributed by atoms with Crippen LogP contribution in [0.4, 0.5) is 0 Å². The summed E-state index contributed by atoms with van der Waals surface area (Å²) in [6.45, 7) is 7.57. The van der Waals surface area contributed by atoms with Crippen LogP contribution >= 0.6 is 0 Å². The van der Waals surface area contributed by atoms with Crippen molar-refractivity contribution in [2.24, 2.45) is 13.0 Å². The number of rotatable bonds is 5. The molecular weight excluding hydrogens is 588 g/mol. The van der Waals surface area contributed by atoms with E-state index in [9.17, 15) is 14.4 Å². The molecule has 3 amide bonds. The number of aryl methyl sites for hydroxylation is 1. The van der Waals surface area contributed by atoms with Gasteiger partial charge >= 0.3 is 0 Å². The number of carbonyl (C=O) groups is 3. The van der Waals surface area contributed by atoms with Gasteiger partial charge in [0.25, 0.3) is 5.91 Å². The van der Waals surface area contributed by atoms with Crippen molar-refractivity contribution in [3.63, 3.8) is 0 Å². The monoisotopic (exact) mass is 632 g/mol. The van der Waals surface area contributed by atoms with Crippen molar-refractivity contribution < 1.29 is 14.4 Å². The van der Waals surface area contributed by atoms with Gasteiger partial charge in [0.15, 0.2) is 0 Å². The number of likely N-dealkylation sites (tertiary alicyclic amines) is 2. The molecule has 2 aromatic heterocycles. The Balaban J connectivity index is 1.01. The summed E-state index contributed by atoms with van der Waals surface area (Å²) in [4.78, 5) is 52.4. The first-order valence-electron chi connectivity index (χ1n) is 17.1. The van der Waals surface area contributed by atoms with Crippen LogP contribution in [-0.4, -0.2) is 105 Å². The standard InChI is InChI=1S/C38H44N6O3/c1-27(45)41-16-12-29(13-17-41)37(46)43-18-14-31(15-19-43)42-20-22-44(23-21-42)38(47)30-24-34(28-8-4-3-5-9-28)39-35(25-30)33-26-40(2)36-11-7-6-10-32(33)36/h3-11,24-26,29,31H,12-23H2,1-2H3. The zero-order valence-electron chi connectivity index (χ0n) is 27.5. The maximum Gasteiger partial charge on any atom is 0.254 e. The first-order chi connectivity index (χ1) is 22.9. The predicted molar refractivity (Wildman–Crippen MR) is 184 cm³/mol. The van der Waals surface area contributed by atoms with Crippen LogP contribution in [0.15, 0.2) is 72.9 Å². The molecule has 3 saturated heterocycles. The second-order valence-electron chi connectivity index (χ2n) is 13.3. The molecule has 0 unspecified atom stereocenters. The van der Waals surface area contributed by atoms with Crippen LogP contribution in [0.2, 0.25) is 0 Å². The topological polar surface area (TPSA) is 82.0 Å². The third kappa shape index (κ3) is 6.41. The Morgan fingerprint density at radius 1 is 0.702 bits per heavy atom. The Morgan fingerprint density at radius 2 is 1.34 bits per heavy atom. The molecule has 2 aromatic carbocycles. The van der Waals surface area contributed by atoms with Gasteiger partial charge in [-0.25, -0.2) is 4.98 Å². The molecule has 9 nitrogen and oxygen atoms in total. The van der Waals surface area contributed by atoms with Crippen LogP contribution in [0.1, 0.15) is 43.0 Å². The minimum absolute atomic E-state index is 0.0356. The summed E-state index contributed by atoms with van der Waals surface area (Å²) in [6, 6.07) is 22.7. The van der Waals surface area contributed by atoms with Crippen LogP contribution in [-0.2, 0) is 16.6 Å². The van der Waals surface area contributed by atoms with Crippen molar-refractivity contribution in [1.29, 1.82) is 0 Å². The van der Waals surface area contributed by atoms with E-state index in [0.29, 0.717) is 37.8 Å². The summed E-state index contributed by atoms with van der Waals surface area (Å²) in [5, 5.41) is 1.12. The number of amides is 3. The number of hydrogen-bond acceptors (Lipinski definition) is 5. The van der Waals surface area contributed by atoms with E-state index < -0.39 is 0 Å². The zero-order chi connectivity index (χ0) is 32.5. The molecule has 47 heavy (non-hydrogen) atoms. The highest BCUT2D eigenvalue weighted by Crippen LogP contribution is 2.32. The number of nitrogens with zero attached hydrogens (tertiary/aromatic N) is 6. The van der Waals surface area contributed by atoms with Gasteiger partial charge < -0.3 is 19.3 Å². The number of fused-ring (bicyclic) bond motifs is 1. The maximum atomic E-state index is 14.1. The van der Waals surface area contributed by atoms with E-state index in [1.54, 1.807) is 6.92 Å². The van der Waals surface area contributed by atoms with Gasteiger partial charge in [-0.15, -0.1) is 0 Å². The zero-order valence-corrected chi connectivity index (χ0v) is 27.5.